The molecule has 20 N–H and O–H groups in total. The molecule has 0 unspecified atom stereocenters. The second-order valence-corrected chi connectivity index (χ2v) is 0.610. The number of aliphatic carboxylic acids is 2. The average Bonchev–Trinajstić information content (AvgIpc) is 1.36. The van der Waals surface area contributed by atoms with Crippen molar-refractivity contribution in [2.75, 3.05) is 0 Å². The smallest absolute Gasteiger partial charge is 0.414 e. The van der Waals surface area contributed by atoms with Crippen LogP contribution in [-0.4, -0.2) is 71.4 Å². The van der Waals surface area contributed by atoms with Crippen LogP contribution in [0.1, 0.15) is 0 Å². The molecule has 0 aromatic heterocycles. The van der Waals surface area contributed by atoms with Gasteiger partial charge in [0.05, 0.1) is 0 Å². The summed E-state index contributed by atoms with van der Waals surface area (Å²) in [5, 5.41) is 14.8. The van der Waals surface area contributed by atoms with Crippen molar-refractivity contribution in [2.24, 2.45) is 0 Å². The molecule has 13 nitrogen and oxygen atoms in total. The molecule has 109 valence electrons. The van der Waals surface area contributed by atoms with Crippen LogP contribution < -0.4 is 0 Å². The zero-order chi connectivity index (χ0) is 5.15. The van der Waals surface area contributed by atoms with E-state index in [9.17, 15) is 0 Å². The molecular weight excluding hydrogens is 321 g/mol. The largest absolute Gasteiger partial charge is 0.473 e. The molecule has 0 aromatic rings. The summed E-state index contributed by atoms with van der Waals surface area (Å²) in [7, 11) is 0. The molecule has 0 heterocycles. The van der Waals surface area contributed by atoms with Gasteiger partial charge in [0.15, 0.2) is 0 Å². The van der Waals surface area contributed by atoms with Crippen molar-refractivity contribution in [2.45, 2.75) is 0 Å². The third-order valence-electron chi connectivity index (χ3n) is 0.183. The number of hydrogen-bond donors (Lipinski definition) is 2. The first-order valence-corrected chi connectivity index (χ1v) is 1.11. The van der Waals surface area contributed by atoms with Crippen LogP contribution in [0.15, 0.2) is 0 Å². The van der Waals surface area contributed by atoms with E-state index in [2.05, 4.69) is 0 Å². The van der Waals surface area contributed by atoms with Crippen LogP contribution >= 0.6 is 0 Å². The summed E-state index contributed by atoms with van der Waals surface area (Å²) >= 11 is 0. The molecule has 16 heavy (non-hydrogen) atoms. The molecular formula is C2H20O13Y. The van der Waals surface area contributed by atoms with Crippen LogP contribution in [0.25, 0.3) is 0 Å². The summed E-state index contributed by atoms with van der Waals surface area (Å²) in [6.07, 6.45) is 0. The Balaban J connectivity index is -0.00000000278. The minimum absolute atomic E-state index is 0. The zero-order valence-corrected chi connectivity index (χ0v) is 10.6. The molecule has 14 heteroatoms. The molecule has 0 rings (SSSR count). The van der Waals surface area contributed by atoms with Crippen LogP contribution in [0.2, 0.25) is 0 Å². The molecule has 0 fully saturated rings. The van der Waals surface area contributed by atoms with Crippen molar-refractivity contribution in [3.63, 3.8) is 0 Å². The molecule has 1 radical (unpaired) electrons. The Labute approximate surface area is 114 Å². The molecule has 0 aromatic carbocycles. The average molecular weight is 341 g/mol. The summed E-state index contributed by atoms with van der Waals surface area (Å²) in [6, 6.07) is 0. The van der Waals surface area contributed by atoms with Gasteiger partial charge in [-0.1, -0.05) is 0 Å². The van der Waals surface area contributed by atoms with E-state index in [1.165, 1.54) is 0 Å². The van der Waals surface area contributed by atoms with Gasteiger partial charge in [-0.3, -0.25) is 0 Å². The van der Waals surface area contributed by atoms with Gasteiger partial charge in [-0.25, -0.2) is 9.59 Å². The van der Waals surface area contributed by atoms with Crippen molar-refractivity contribution in [3.8, 4) is 0 Å². The fraction of sp³-hybridized carbons (Fsp3) is 0. The quantitative estimate of drug-likeness (QED) is 0.405. The predicted molar refractivity (Wildman–Crippen MR) is 47.8 cm³/mol. The number of rotatable bonds is 0. The molecule has 0 atom stereocenters. The summed E-state index contributed by atoms with van der Waals surface area (Å²) in [5.74, 6) is -3.65. The predicted octanol–water partition coefficient (Wildman–Crippen LogP) is -8.27. The van der Waals surface area contributed by atoms with Crippen LogP contribution in [0, 0.1) is 0 Å². The van der Waals surface area contributed by atoms with E-state index < -0.39 is 11.9 Å². The molecule has 0 spiro atoms. The maximum Gasteiger partial charge on any atom is 0.414 e. The van der Waals surface area contributed by atoms with Crippen molar-refractivity contribution in [1.82, 2.24) is 0 Å². The molecule has 0 saturated heterocycles. The second kappa shape index (κ2) is 85.1. The minimum Gasteiger partial charge on any atom is -0.473 e. The first kappa shape index (κ1) is 154. The van der Waals surface area contributed by atoms with Gasteiger partial charge >= 0.3 is 11.9 Å². The molecule has 0 amide bonds. The Bertz CT molecular complexity index is 79.9. The van der Waals surface area contributed by atoms with Crippen molar-refractivity contribution in [1.29, 1.82) is 0 Å². The number of carboxylic acid groups (broad SMARTS) is 2. The van der Waals surface area contributed by atoms with Crippen molar-refractivity contribution in [3.05, 3.63) is 0 Å². The van der Waals surface area contributed by atoms with Gasteiger partial charge in [0.25, 0.3) is 0 Å². The Morgan fingerprint density at radius 3 is 0.562 bits per heavy atom. The van der Waals surface area contributed by atoms with Crippen LogP contribution in [0.5, 0.6) is 0 Å². The van der Waals surface area contributed by atoms with E-state index in [-0.39, 0.29) is 82.0 Å². The summed E-state index contributed by atoms with van der Waals surface area (Å²) in [5.41, 5.74) is 0. The molecule has 0 aliphatic rings. The Hall–Kier alpha value is -0.316. The Kier molecular flexibility index (Phi) is 820. The van der Waals surface area contributed by atoms with Crippen LogP contribution in [-0.2, 0) is 42.3 Å². The minimum atomic E-state index is -1.82. The standard InChI is InChI=1S/C2H2O4.9H2O.Y/c3-1(4)2(5)6;;;;;;;;;;/h(H,3,4)(H,5,6);9*1H2;. The third kappa shape index (κ3) is 162. The zero-order valence-electron chi connectivity index (χ0n) is 7.79. The monoisotopic (exact) mass is 341 g/mol. The molecule has 0 aliphatic heterocycles. The maximum atomic E-state index is 9.10. The van der Waals surface area contributed by atoms with E-state index >= 15 is 0 Å². The van der Waals surface area contributed by atoms with Crippen molar-refractivity contribution >= 4 is 11.9 Å². The van der Waals surface area contributed by atoms with Gasteiger partial charge in [-0.05, 0) is 0 Å². The topological polar surface area (TPSA) is 358 Å². The van der Waals surface area contributed by atoms with E-state index in [1.54, 1.807) is 0 Å². The maximum absolute atomic E-state index is 9.10. The van der Waals surface area contributed by atoms with E-state index in [4.69, 9.17) is 19.8 Å². The van der Waals surface area contributed by atoms with E-state index in [0.29, 0.717) is 0 Å². The molecule has 0 bridgehead atoms. The van der Waals surface area contributed by atoms with Gasteiger partial charge in [-0.15, -0.1) is 0 Å². The van der Waals surface area contributed by atoms with Gasteiger partial charge < -0.3 is 59.5 Å². The van der Waals surface area contributed by atoms with Crippen LogP contribution in [0.3, 0.4) is 0 Å². The summed E-state index contributed by atoms with van der Waals surface area (Å²) in [6.45, 7) is 0. The number of carboxylic acids is 2. The SMILES string of the molecule is O.O.O.O.O.O.O.O.O.O=C(O)C(=O)O.[Y]. The first-order valence-electron chi connectivity index (χ1n) is 1.11. The van der Waals surface area contributed by atoms with E-state index in [0.717, 1.165) is 0 Å². The number of carbonyl (C=O) groups is 2. The van der Waals surface area contributed by atoms with E-state index in [1.807, 2.05) is 0 Å². The number of hydrogen-bond acceptors (Lipinski definition) is 2. The Morgan fingerprint density at radius 2 is 0.562 bits per heavy atom. The van der Waals surface area contributed by atoms with Gasteiger partial charge in [0, 0.05) is 32.7 Å². The summed E-state index contributed by atoms with van der Waals surface area (Å²) < 4.78 is 0. The molecule has 0 saturated carbocycles. The first-order chi connectivity index (χ1) is 2.64. The van der Waals surface area contributed by atoms with Gasteiger partial charge in [0.1, 0.15) is 0 Å². The van der Waals surface area contributed by atoms with Crippen LogP contribution in [0.4, 0.5) is 0 Å². The van der Waals surface area contributed by atoms with Crippen molar-refractivity contribution < 1.29 is 102 Å². The normalized spacial score (nSPS) is 2.75. The second-order valence-electron chi connectivity index (χ2n) is 0.610. The molecule has 0 aliphatic carbocycles. The van der Waals surface area contributed by atoms with Gasteiger partial charge in [-0.2, -0.15) is 0 Å². The third-order valence-corrected chi connectivity index (χ3v) is 0.183. The Morgan fingerprint density at radius 1 is 0.500 bits per heavy atom. The fourth-order valence-corrected chi connectivity index (χ4v) is 0. The van der Waals surface area contributed by atoms with Gasteiger partial charge in [0.2, 0.25) is 0 Å². The summed E-state index contributed by atoms with van der Waals surface area (Å²) in [4.78, 5) is 18.2. The fourth-order valence-electron chi connectivity index (χ4n) is 0.